The number of pyridine rings is 1. The van der Waals surface area contributed by atoms with Gasteiger partial charge in [0.15, 0.2) is 21.3 Å². The molecule has 2 aliphatic rings. The van der Waals surface area contributed by atoms with Gasteiger partial charge in [0.05, 0.1) is 44.9 Å². The lowest BCUT2D eigenvalue weighted by Crippen LogP contribution is -2.16. The lowest BCUT2D eigenvalue weighted by molar-refractivity contribution is 0.102. The molecule has 1 saturated heterocycles. The Morgan fingerprint density at radius 1 is 1.29 bits per heavy atom. The maximum Gasteiger partial charge on any atom is 0.256 e. The molecule has 2 aromatic heterocycles. The fraction of sp³-hybridized carbons (Fsp3) is 0.381. The van der Waals surface area contributed by atoms with E-state index in [4.69, 9.17) is 16.6 Å². The number of halogens is 2. The molecule has 1 unspecified atom stereocenters. The number of nitrogens with zero attached hydrogens (tertiary/aromatic N) is 3. The first kappa shape index (κ1) is 20.4. The van der Waals surface area contributed by atoms with E-state index in [1.165, 1.54) is 12.1 Å². The summed E-state index contributed by atoms with van der Waals surface area (Å²) in [5.41, 5.74) is 2.18. The first-order valence-electron chi connectivity index (χ1n) is 10.1. The third-order valence-corrected chi connectivity index (χ3v) is 7.89. The van der Waals surface area contributed by atoms with Crippen LogP contribution in [0.3, 0.4) is 0 Å². The highest BCUT2D eigenvalue weighted by Gasteiger charge is 2.34. The summed E-state index contributed by atoms with van der Waals surface area (Å²) in [6.07, 6.45) is 2.42. The van der Waals surface area contributed by atoms with Crippen molar-refractivity contribution < 1.29 is 17.6 Å². The third kappa shape index (κ3) is 3.70. The molecule has 1 aromatic carbocycles. The van der Waals surface area contributed by atoms with Crippen LogP contribution in [-0.2, 0) is 9.84 Å². The minimum Gasteiger partial charge on any atom is -0.319 e. The number of nitrogens with one attached hydrogen (secondary N) is 1. The molecule has 1 atom stereocenters. The molecule has 10 heteroatoms. The number of anilines is 1. The van der Waals surface area contributed by atoms with Crippen molar-refractivity contribution in [2.75, 3.05) is 16.8 Å². The van der Waals surface area contributed by atoms with E-state index in [0.717, 1.165) is 18.5 Å². The molecular formula is C21H20ClFN4O3S. The number of hydrogen-bond acceptors (Lipinski definition) is 5. The number of aryl methyl sites for hydroxylation is 1. The fourth-order valence-corrected chi connectivity index (χ4v) is 5.98. The van der Waals surface area contributed by atoms with Crippen LogP contribution in [0.5, 0.6) is 0 Å². The summed E-state index contributed by atoms with van der Waals surface area (Å²) < 4.78 is 40.0. The van der Waals surface area contributed by atoms with Gasteiger partial charge in [-0.3, -0.25) is 4.79 Å². The Kier molecular flexibility index (Phi) is 4.78. The molecule has 1 aliphatic heterocycles. The second kappa shape index (κ2) is 7.27. The lowest BCUT2D eigenvalue weighted by Gasteiger charge is -2.12. The van der Waals surface area contributed by atoms with Crippen LogP contribution in [0.2, 0.25) is 5.02 Å². The van der Waals surface area contributed by atoms with Crippen LogP contribution in [0.15, 0.2) is 24.3 Å². The molecule has 3 aromatic rings. The summed E-state index contributed by atoms with van der Waals surface area (Å²) in [7, 11) is -3.12. The molecule has 1 aliphatic carbocycles. The Bertz CT molecular complexity index is 1330. The minimum absolute atomic E-state index is 0.00775. The number of benzene rings is 1. The number of fused-ring (bicyclic) bond motifs is 1. The quantitative estimate of drug-likeness (QED) is 0.632. The van der Waals surface area contributed by atoms with E-state index in [1.54, 1.807) is 23.7 Å². The smallest absolute Gasteiger partial charge is 0.256 e. The van der Waals surface area contributed by atoms with Gasteiger partial charge in [-0.05, 0) is 44.4 Å². The molecule has 162 valence electrons. The zero-order chi connectivity index (χ0) is 21.9. The van der Waals surface area contributed by atoms with Crippen LogP contribution >= 0.6 is 11.6 Å². The van der Waals surface area contributed by atoms with Crippen molar-refractivity contribution in [3.63, 3.8) is 0 Å². The van der Waals surface area contributed by atoms with Crippen molar-refractivity contribution in [1.29, 1.82) is 0 Å². The first-order chi connectivity index (χ1) is 14.7. The number of hydrogen-bond donors (Lipinski definition) is 1. The average molecular weight is 463 g/mol. The van der Waals surface area contributed by atoms with Gasteiger partial charge in [0.25, 0.3) is 5.91 Å². The molecule has 7 nitrogen and oxygen atoms in total. The molecule has 1 N–H and O–H groups in total. The Morgan fingerprint density at radius 2 is 2.06 bits per heavy atom. The molecule has 2 fully saturated rings. The standard InChI is InChI=1S/C21H20ClFN4O3S/c1-11-18-14(21(28)25-16-4-2-3-15(22)19(16)23)9-17(12-5-6-12)24-20(18)27(26-11)13-7-8-31(29,30)10-13/h2-4,9,12-13H,5-8,10H2,1H3,(H,25,28). The van der Waals surface area contributed by atoms with E-state index in [1.807, 2.05) is 0 Å². The maximum absolute atomic E-state index is 14.3. The van der Waals surface area contributed by atoms with E-state index < -0.39 is 21.6 Å². The highest BCUT2D eigenvalue weighted by Crippen LogP contribution is 2.41. The van der Waals surface area contributed by atoms with Crippen molar-refractivity contribution in [1.82, 2.24) is 14.8 Å². The summed E-state index contributed by atoms with van der Waals surface area (Å²) in [4.78, 5) is 18.0. The first-order valence-corrected chi connectivity index (χ1v) is 12.3. The van der Waals surface area contributed by atoms with Gasteiger partial charge in [0.2, 0.25) is 0 Å². The molecule has 3 heterocycles. The van der Waals surface area contributed by atoms with Crippen molar-refractivity contribution in [3.05, 3.63) is 52.1 Å². The Morgan fingerprint density at radius 3 is 2.74 bits per heavy atom. The number of carbonyl (C=O) groups excluding carboxylic acids is 1. The van der Waals surface area contributed by atoms with Gasteiger partial charge in [-0.15, -0.1) is 0 Å². The van der Waals surface area contributed by atoms with E-state index in [2.05, 4.69) is 10.4 Å². The van der Waals surface area contributed by atoms with Gasteiger partial charge in [0, 0.05) is 11.6 Å². The highest BCUT2D eigenvalue weighted by atomic mass is 35.5. The van der Waals surface area contributed by atoms with Crippen LogP contribution in [0.1, 0.15) is 53.0 Å². The zero-order valence-corrected chi connectivity index (χ0v) is 18.3. The van der Waals surface area contributed by atoms with Crippen molar-refractivity contribution in [2.45, 2.75) is 38.1 Å². The monoisotopic (exact) mass is 462 g/mol. The zero-order valence-electron chi connectivity index (χ0n) is 16.7. The summed E-state index contributed by atoms with van der Waals surface area (Å²) in [6, 6.07) is 5.83. The van der Waals surface area contributed by atoms with Gasteiger partial charge in [-0.1, -0.05) is 17.7 Å². The number of aromatic nitrogens is 3. The highest BCUT2D eigenvalue weighted by molar-refractivity contribution is 7.91. The maximum atomic E-state index is 14.3. The summed E-state index contributed by atoms with van der Waals surface area (Å²) in [5.74, 6) is -0.809. The number of amides is 1. The predicted octanol–water partition coefficient (Wildman–Crippen LogP) is 4.02. The van der Waals surface area contributed by atoms with Crippen molar-refractivity contribution in [3.8, 4) is 0 Å². The average Bonchev–Trinajstić information content (AvgIpc) is 3.44. The van der Waals surface area contributed by atoms with E-state index in [0.29, 0.717) is 28.7 Å². The summed E-state index contributed by atoms with van der Waals surface area (Å²) >= 11 is 5.84. The minimum atomic E-state index is -3.12. The van der Waals surface area contributed by atoms with E-state index >= 15 is 0 Å². The van der Waals surface area contributed by atoms with Gasteiger partial charge < -0.3 is 5.32 Å². The van der Waals surface area contributed by atoms with Gasteiger partial charge in [-0.2, -0.15) is 5.10 Å². The van der Waals surface area contributed by atoms with E-state index in [-0.39, 0.29) is 34.2 Å². The molecule has 1 saturated carbocycles. The molecule has 5 rings (SSSR count). The molecular weight excluding hydrogens is 443 g/mol. The Balaban J connectivity index is 1.62. The van der Waals surface area contributed by atoms with Crippen LogP contribution in [0, 0.1) is 12.7 Å². The van der Waals surface area contributed by atoms with Crippen LogP contribution in [0.25, 0.3) is 11.0 Å². The SMILES string of the molecule is Cc1nn(C2CCS(=O)(=O)C2)c2nc(C3CC3)cc(C(=O)Nc3cccc(Cl)c3F)c12. The number of carbonyl (C=O) groups is 1. The summed E-state index contributed by atoms with van der Waals surface area (Å²) in [5, 5.41) is 7.63. The molecule has 0 radical (unpaired) electrons. The van der Waals surface area contributed by atoms with Crippen molar-refractivity contribution >= 4 is 44.1 Å². The van der Waals surface area contributed by atoms with Gasteiger partial charge >= 0.3 is 0 Å². The topological polar surface area (TPSA) is 93.9 Å². The molecule has 0 bridgehead atoms. The Labute approximate surface area is 183 Å². The Hall–Kier alpha value is -2.52. The molecule has 31 heavy (non-hydrogen) atoms. The molecule has 0 spiro atoms. The van der Waals surface area contributed by atoms with E-state index in [9.17, 15) is 17.6 Å². The second-order valence-corrected chi connectivity index (χ2v) is 10.8. The van der Waals surface area contributed by atoms with Crippen molar-refractivity contribution in [2.24, 2.45) is 0 Å². The third-order valence-electron chi connectivity index (χ3n) is 5.85. The van der Waals surface area contributed by atoms with Gasteiger partial charge in [-0.25, -0.2) is 22.5 Å². The van der Waals surface area contributed by atoms with Gasteiger partial charge in [0.1, 0.15) is 0 Å². The van der Waals surface area contributed by atoms with Crippen LogP contribution < -0.4 is 5.32 Å². The van der Waals surface area contributed by atoms with Crippen LogP contribution in [-0.4, -0.2) is 40.6 Å². The fourth-order valence-electron chi connectivity index (χ4n) is 4.11. The number of sulfone groups is 1. The normalized spacial score (nSPS) is 20.3. The predicted molar refractivity (Wildman–Crippen MR) is 116 cm³/mol. The lowest BCUT2D eigenvalue weighted by atomic mass is 10.1. The van der Waals surface area contributed by atoms with Crippen LogP contribution in [0.4, 0.5) is 10.1 Å². The second-order valence-electron chi connectivity index (χ2n) is 8.21. The summed E-state index contributed by atoms with van der Waals surface area (Å²) in [6.45, 7) is 1.76. The largest absolute Gasteiger partial charge is 0.319 e. The number of rotatable bonds is 4. The molecule has 1 amide bonds.